The fourth-order valence-corrected chi connectivity index (χ4v) is 11.5. The molecule has 4 aromatic heterocycles. The average molecular weight is 984 g/mol. The number of allylic oxidation sites excluding steroid dienone is 2. The minimum absolute atomic E-state index is 0. The largest absolute Gasteiger partial charge is 0.383 e. The topological polar surface area (TPSA) is 105 Å². The van der Waals surface area contributed by atoms with Crippen LogP contribution in [0.3, 0.4) is 0 Å². The van der Waals surface area contributed by atoms with Crippen molar-refractivity contribution in [3.8, 4) is 0 Å². The first-order valence-electron chi connectivity index (χ1n) is 24.4. The van der Waals surface area contributed by atoms with Gasteiger partial charge in [0.25, 0.3) is 0 Å². The number of carbonyl (C=O) groups excluding carboxylic acids is 1. The van der Waals surface area contributed by atoms with Crippen molar-refractivity contribution in [2.45, 2.75) is 97.0 Å². The summed E-state index contributed by atoms with van der Waals surface area (Å²) in [4.78, 5) is 36.2. The van der Waals surface area contributed by atoms with E-state index in [2.05, 4.69) is 82.4 Å². The molecule has 2 saturated heterocycles. The van der Waals surface area contributed by atoms with Crippen molar-refractivity contribution < 1.29 is 9.90 Å². The Kier molecular flexibility index (Phi) is 17.2. The van der Waals surface area contributed by atoms with E-state index in [1.54, 1.807) is 18.9 Å². The number of aromatic nitrogens is 6. The molecule has 2 aromatic carbocycles. The molecule has 4 aliphatic rings. The smallest absolute Gasteiger partial charge is 0.183 e. The van der Waals surface area contributed by atoms with Gasteiger partial charge in [0.15, 0.2) is 5.78 Å². The normalized spacial score (nSPS) is 19.1. The maximum Gasteiger partial charge on any atom is 0.183 e. The van der Waals surface area contributed by atoms with Crippen LogP contribution >= 0.6 is 23.2 Å². The summed E-state index contributed by atoms with van der Waals surface area (Å²) in [6, 6.07) is 20.9. The van der Waals surface area contributed by atoms with Crippen molar-refractivity contribution in [2.24, 2.45) is 25.9 Å². The highest BCUT2D eigenvalue weighted by molar-refractivity contribution is 6.31. The molecule has 6 aromatic rings. The summed E-state index contributed by atoms with van der Waals surface area (Å²) in [7, 11) is 8.22. The molecule has 0 radical (unpaired) electrons. The number of hydrogen-bond donors (Lipinski definition) is 1. The predicted molar refractivity (Wildman–Crippen MR) is 288 cm³/mol. The molecule has 0 spiro atoms. The number of likely N-dealkylation sites (tertiary alicyclic amines) is 2. The first kappa shape index (κ1) is 52.6. The summed E-state index contributed by atoms with van der Waals surface area (Å²) in [5, 5.41) is 13.0. The number of piperidine rings is 2. The minimum atomic E-state index is -0.971. The van der Waals surface area contributed by atoms with Crippen LogP contribution in [0.5, 0.6) is 0 Å². The van der Waals surface area contributed by atoms with Gasteiger partial charge in [-0.3, -0.25) is 14.8 Å². The molecule has 10 rings (SSSR count). The fourth-order valence-electron chi connectivity index (χ4n) is 11.1. The zero-order valence-corrected chi connectivity index (χ0v) is 41.6. The van der Waals surface area contributed by atoms with Crippen LogP contribution < -0.4 is 0 Å². The highest BCUT2D eigenvalue weighted by atomic mass is 35.5. The van der Waals surface area contributed by atoms with E-state index >= 15 is 0 Å². The lowest BCUT2D eigenvalue weighted by Gasteiger charge is -2.35. The molecule has 10 nitrogen and oxygen atoms in total. The van der Waals surface area contributed by atoms with Gasteiger partial charge in [-0.2, -0.15) is 0 Å². The van der Waals surface area contributed by atoms with Gasteiger partial charge in [0.05, 0.1) is 29.7 Å². The summed E-state index contributed by atoms with van der Waals surface area (Å²) in [5.74, 6) is 1.58. The number of ketones is 1. The van der Waals surface area contributed by atoms with Crippen molar-refractivity contribution in [1.82, 2.24) is 38.9 Å². The van der Waals surface area contributed by atoms with Crippen LogP contribution in [-0.2, 0) is 19.7 Å². The summed E-state index contributed by atoms with van der Waals surface area (Å²) in [5.41, 5.74) is 12.2. The number of fused-ring (bicyclic) bond motifs is 4. The number of pyridine rings is 2. The second-order valence-corrected chi connectivity index (χ2v) is 20.5. The third-order valence-electron chi connectivity index (χ3n) is 15.0. The molecule has 370 valence electrons. The van der Waals surface area contributed by atoms with Crippen molar-refractivity contribution in [3.05, 3.63) is 164 Å². The van der Waals surface area contributed by atoms with E-state index < -0.39 is 5.60 Å². The summed E-state index contributed by atoms with van der Waals surface area (Å²) in [6.07, 6.45) is 23.0. The first-order valence-corrected chi connectivity index (χ1v) is 25.1. The SMILES string of the molecule is C.C.CCC(O)(CCC1=Cc2cc(Cl)ccc2C(C2CCN(C)CC2)c2ncccc21)c1cn(C)cn1.CN1CCC(C2c3ccc(Cl)cc3C=C(CCC(=O)c3cn(C)cn3)c3cccnc32)CC1. The summed E-state index contributed by atoms with van der Waals surface area (Å²) >= 11 is 12.9. The van der Waals surface area contributed by atoms with Crippen molar-refractivity contribution in [2.75, 3.05) is 40.3 Å². The van der Waals surface area contributed by atoms with Crippen LogP contribution in [0, 0.1) is 11.8 Å². The predicted octanol–water partition coefficient (Wildman–Crippen LogP) is 12.6. The molecule has 6 heterocycles. The number of carbonyl (C=O) groups is 1. The highest BCUT2D eigenvalue weighted by Gasteiger charge is 2.37. The number of nitrogens with zero attached hydrogens (tertiary/aromatic N) is 8. The second-order valence-electron chi connectivity index (χ2n) is 19.7. The first-order chi connectivity index (χ1) is 32.9. The van der Waals surface area contributed by atoms with E-state index in [9.17, 15) is 9.90 Å². The number of hydrogen-bond acceptors (Lipinski definition) is 8. The number of aliphatic hydroxyl groups is 1. The molecule has 0 bridgehead atoms. The molecule has 0 amide bonds. The molecule has 3 atom stereocenters. The third-order valence-corrected chi connectivity index (χ3v) is 15.5. The van der Waals surface area contributed by atoms with E-state index in [0.29, 0.717) is 43.2 Å². The zero-order chi connectivity index (χ0) is 47.5. The Hall–Kier alpha value is -5.23. The lowest BCUT2D eigenvalue weighted by Crippen LogP contribution is -2.33. The van der Waals surface area contributed by atoms with Crippen molar-refractivity contribution in [1.29, 1.82) is 0 Å². The molecule has 3 unspecified atom stereocenters. The quantitative estimate of drug-likeness (QED) is 0.128. The molecule has 70 heavy (non-hydrogen) atoms. The second kappa shape index (κ2) is 22.9. The van der Waals surface area contributed by atoms with Crippen LogP contribution in [0.15, 0.2) is 98.1 Å². The molecule has 2 fully saturated rings. The Morgan fingerprint density at radius 2 is 1.16 bits per heavy atom. The van der Waals surface area contributed by atoms with Gasteiger partial charge < -0.3 is 24.0 Å². The summed E-state index contributed by atoms with van der Waals surface area (Å²) < 4.78 is 3.70. The molecule has 12 heteroatoms. The monoisotopic (exact) mass is 983 g/mol. The standard InChI is InChI=1S/C29H35ClN4O.C27H29ClN4O.2CH4/c1-4-29(35,26-18-34(3)19-32-26)12-9-21-16-22-17-23(30)7-8-24(22)27(20-10-14-33(2)15-11-20)28-25(21)6-5-13-31-28;1-31-12-9-18(10-13-31)26-22-7-6-21(28)15-20(22)14-19(23-4-3-11-29-27(23)26)5-8-25(33)24-16-32(2)17-30-24;;/h5-8,13,16-20,27,35H,4,9-12,14-15H2,1-3H3;3-4,6-7,11,14-18,26H,5,8-10,12-13H2,1-2H3;2*1H4. The number of aryl methyl sites for hydroxylation is 2. The number of halogens is 2. The van der Waals surface area contributed by atoms with Crippen LogP contribution in [0.25, 0.3) is 23.3 Å². The van der Waals surface area contributed by atoms with E-state index in [1.165, 1.54) is 27.8 Å². The Labute approximate surface area is 426 Å². The maximum atomic E-state index is 12.8. The zero-order valence-electron chi connectivity index (χ0n) is 40.1. The average Bonchev–Trinajstić information content (AvgIpc) is 3.93. The van der Waals surface area contributed by atoms with E-state index in [4.69, 9.17) is 33.2 Å². The van der Waals surface area contributed by atoms with Gasteiger partial charge in [-0.05, 0) is 184 Å². The number of benzene rings is 2. The molecular weight excluding hydrogens is 912 g/mol. The third kappa shape index (κ3) is 11.4. The van der Waals surface area contributed by atoms with E-state index in [-0.39, 0.29) is 32.5 Å². The Morgan fingerprint density at radius 1 is 0.671 bits per heavy atom. The Morgan fingerprint density at radius 3 is 1.61 bits per heavy atom. The lowest BCUT2D eigenvalue weighted by atomic mass is 9.76. The van der Waals surface area contributed by atoms with Gasteiger partial charge >= 0.3 is 0 Å². The lowest BCUT2D eigenvalue weighted by molar-refractivity contribution is 0.0209. The van der Waals surface area contributed by atoms with Crippen molar-refractivity contribution in [3.63, 3.8) is 0 Å². The molecule has 0 saturated carbocycles. The van der Waals surface area contributed by atoms with E-state index in [0.717, 1.165) is 102 Å². The van der Waals surface area contributed by atoms with Gasteiger partial charge in [-0.25, -0.2) is 9.97 Å². The number of imidazole rings is 2. The minimum Gasteiger partial charge on any atom is -0.383 e. The highest BCUT2D eigenvalue weighted by Crippen LogP contribution is 2.48. The van der Waals surface area contributed by atoms with Crippen LogP contribution in [0.4, 0.5) is 0 Å². The summed E-state index contributed by atoms with van der Waals surface area (Å²) in [6.45, 7) is 6.45. The molecule has 2 aliphatic heterocycles. The van der Waals surface area contributed by atoms with Gasteiger partial charge in [0, 0.05) is 67.2 Å². The van der Waals surface area contributed by atoms with Gasteiger partial charge in [0.1, 0.15) is 11.3 Å². The Balaban J connectivity index is 0.000000201. The number of Topliss-reactive ketones (excluding diaryl/α,β-unsaturated/α-hetero) is 1. The van der Waals surface area contributed by atoms with Crippen LogP contribution in [-0.4, -0.2) is 90.0 Å². The number of rotatable bonds is 11. The van der Waals surface area contributed by atoms with Gasteiger partial charge in [0.2, 0.25) is 0 Å². The Bertz CT molecular complexity index is 2810. The van der Waals surface area contributed by atoms with E-state index in [1.807, 2.05) is 73.0 Å². The maximum absolute atomic E-state index is 12.8. The van der Waals surface area contributed by atoms with Gasteiger partial charge in [-0.15, -0.1) is 0 Å². The molecule has 1 N–H and O–H groups in total. The van der Waals surface area contributed by atoms with Gasteiger partial charge in [-0.1, -0.05) is 81.4 Å². The van der Waals surface area contributed by atoms with Crippen molar-refractivity contribution >= 4 is 52.3 Å². The van der Waals surface area contributed by atoms with Crippen LogP contribution in [0.2, 0.25) is 10.0 Å². The van der Waals surface area contributed by atoms with Crippen LogP contribution in [0.1, 0.15) is 152 Å². The molecule has 2 aliphatic carbocycles. The fraction of sp³-hybridized carbons (Fsp3) is 0.431. The molecular formula is C58H72Cl2N8O2.